The lowest BCUT2D eigenvalue weighted by molar-refractivity contribution is 0.408. The minimum absolute atomic E-state index is 0.0735. The molecule has 0 unspecified atom stereocenters. The highest BCUT2D eigenvalue weighted by molar-refractivity contribution is 5.91. The zero-order chi connectivity index (χ0) is 28.0. The molecule has 0 bridgehead atoms. The largest absolute Gasteiger partial charge is 0.456 e. The van der Waals surface area contributed by atoms with Crippen LogP contribution in [0.15, 0.2) is 54.7 Å². The Hall–Kier alpha value is -3.60. The van der Waals surface area contributed by atoms with Crippen LogP contribution >= 0.6 is 0 Å². The van der Waals surface area contributed by atoms with E-state index in [1.165, 1.54) is 53.1 Å². The molecule has 0 amide bonds. The summed E-state index contributed by atoms with van der Waals surface area (Å²) in [5.74, 6) is 3.76. The number of ether oxygens (including phenoxy) is 2. The highest BCUT2D eigenvalue weighted by Crippen LogP contribution is 2.65. The minimum atomic E-state index is 0.0735. The van der Waals surface area contributed by atoms with E-state index in [2.05, 4.69) is 85.7 Å². The quantitative estimate of drug-likeness (QED) is 0.148. The fraction of sp³-hybridized carbons (Fsp3) is 0.429. The van der Waals surface area contributed by atoms with Crippen molar-refractivity contribution >= 4 is 22.7 Å². The first-order valence-corrected chi connectivity index (χ1v) is 15.4. The highest BCUT2D eigenvalue weighted by atomic mass is 16.5. The topological polar surface area (TPSA) is 28.2 Å². The first-order valence-electron chi connectivity index (χ1n) is 15.4. The van der Waals surface area contributed by atoms with E-state index in [0.29, 0.717) is 0 Å². The zero-order valence-electron chi connectivity index (χ0n) is 24.8. The van der Waals surface area contributed by atoms with Crippen LogP contribution in [0.25, 0.3) is 0 Å². The lowest BCUT2D eigenvalue weighted by Crippen LogP contribution is -2.31. The van der Waals surface area contributed by atoms with Crippen molar-refractivity contribution in [1.82, 2.24) is 0 Å². The van der Waals surface area contributed by atoms with Crippen LogP contribution in [0.2, 0.25) is 0 Å². The molecule has 3 aromatic carbocycles. The van der Waals surface area contributed by atoms with E-state index in [0.717, 1.165) is 73.3 Å². The molecular formula is C35H43N3O2. The Morgan fingerprint density at radius 3 is 1.70 bits per heavy atom. The summed E-state index contributed by atoms with van der Waals surface area (Å²) in [5.41, 5.74) is 9.53. The van der Waals surface area contributed by atoms with Crippen LogP contribution < -0.4 is 24.2 Å². The van der Waals surface area contributed by atoms with Gasteiger partial charge in [0.15, 0.2) is 0 Å². The Morgan fingerprint density at radius 2 is 1.23 bits per heavy atom. The first-order chi connectivity index (χ1) is 19.5. The molecule has 0 fully saturated rings. The predicted molar refractivity (Wildman–Crippen MR) is 168 cm³/mol. The molecular weight excluding hydrogens is 494 g/mol. The van der Waals surface area contributed by atoms with E-state index in [-0.39, 0.29) is 5.92 Å². The van der Waals surface area contributed by atoms with E-state index < -0.39 is 0 Å². The first kappa shape index (κ1) is 26.6. The fourth-order valence-corrected chi connectivity index (χ4v) is 6.85. The Kier molecular flexibility index (Phi) is 7.16. The van der Waals surface area contributed by atoms with Gasteiger partial charge in [-0.05, 0) is 64.8 Å². The standard InChI is InChI=1S/C35H43N3O2/c1-7-12-13-14-16-23(6)38-26-19-24(36(8-2)9-3)21-30-32(26)35-33-27(38)20-25(37(10-4)11-5)22-31(33)40-29-18-15-17-28(39-30)34(29)35/h15,17-22,35H,6-14,16H2,1-5H3. The molecule has 0 saturated carbocycles. The summed E-state index contributed by atoms with van der Waals surface area (Å²) in [4.78, 5) is 7.25. The predicted octanol–water partition coefficient (Wildman–Crippen LogP) is 9.71. The van der Waals surface area contributed by atoms with Gasteiger partial charge in [0, 0.05) is 72.1 Å². The number of allylic oxidation sites excluding steroid dienone is 1. The summed E-state index contributed by atoms with van der Waals surface area (Å²) in [7, 11) is 0. The van der Waals surface area contributed by atoms with E-state index in [9.17, 15) is 0 Å². The molecule has 0 aliphatic carbocycles. The zero-order valence-corrected chi connectivity index (χ0v) is 24.8. The number of benzene rings is 3. The van der Waals surface area contributed by atoms with Gasteiger partial charge >= 0.3 is 0 Å². The van der Waals surface area contributed by atoms with Gasteiger partial charge in [-0.1, -0.05) is 38.8 Å². The normalized spacial score (nSPS) is 13.9. The lowest BCUT2D eigenvalue weighted by atomic mass is 9.75. The van der Waals surface area contributed by atoms with Crippen molar-refractivity contribution in [2.75, 3.05) is 40.9 Å². The second-order valence-electron chi connectivity index (χ2n) is 11.1. The van der Waals surface area contributed by atoms with Gasteiger partial charge in [-0.15, -0.1) is 0 Å². The molecule has 0 spiro atoms. The van der Waals surface area contributed by atoms with Crippen LogP contribution in [0.3, 0.4) is 0 Å². The summed E-state index contributed by atoms with van der Waals surface area (Å²) in [5, 5.41) is 0. The molecule has 210 valence electrons. The molecule has 3 aromatic rings. The summed E-state index contributed by atoms with van der Waals surface area (Å²) < 4.78 is 13.4. The Morgan fingerprint density at radius 1 is 0.700 bits per heavy atom. The molecule has 3 aliphatic rings. The van der Waals surface area contributed by atoms with Crippen LogP contribution in [0.4, 0.5) is 22.7 Å². The molecule has 40 heavy (non-hydrogen) atoms. The van der Waals surface area contributed by atoms with Crippen molar-refractivity contribution in [2.45, 2.75) is 72.6 Å². The van der Waals surface area contributed by atoms with Gasteiger partial charge in [0.2, 0.25) is 0 Å². The van der Waals surface area contributed by atoms with Gasteiger partial charge in [0.05, 0.1) is 17.3 Å². The second-order valence-corrected chi connectivity index (χ2v) is 11.1. The number of hydrogen-bond donors (Lipinski definition) is 0. The third kappa shape index (κ3) is 4.13. The molecule has 0 N–H and O–H groups in total. The number of rotatable bonds is 12. The van der Waals surface area contributed by atoms with Gasteiger partial charge in [0.25, 0.3) is 0 Å². The molecule has 0 atom stereocenters. The lowest BCUT2D eigenvalue weighted by Gasteiger charge is -2.45. The van der Waals surface area contributed by atoms with Crippen molar-refractivity contribution in [3.63, 3.8) is 0 Å². The van der Waals surface area contributed by atoms with Crippen LogP contribution in [-0.4, -0.2) is 26.2 Å². The van der Waals surface area contributed by atoms with E-state index >= 15 is 0 Å². The van der Waals surface area contributed by atoms with E-state index in [4.69, 9.17) is 16.1 Å². The maximum absolute atomic E-state index is 6.70. The maximum Gasteiger partial charge on any atom is 0.135 e. The average Bonchev–Trinajstić information content (AvgIpc) is 2.96. The van der Waals surface area contributed by atoms with Gasteiger partial charge in [-0.25, -0.2) is 0 Å². The van der Waals surface area contributed by atoms with Crippen LogP contribution in [0.5, 0.6) is 23.0 Å². The van der Waals surface area contributed by atoms with Gasteiger partial charge in [0.1, 0.15) is 23.0 Å². The Bertz CT molecular complexity index is 1350. The average molecular weight is 538 g/mol. The van der Waals surface area contributed by atoms with E-state index in [1.54, 1.807) is 0 Å². The third-order valence-electron chi connectivity index (χ3n) is 8.92. The third-order valence-corrected chi connectivity index (χ3v) is 8.92. The molecule has 3 heterocycles. The SMILES string of the molecule is C=C(CCCCCC)N1c2cc(N(CC)CC)cc3c2C2c4c(cccc4Oc4cc(N(CC)CC)cc1c42)O3. The van der Waals surface area contributed by atoms with Crippen molar-refractivity contribution in [1.29, 1.82) is 0 Å². The number of hydrogen-bond acceptors (Lipinski definition) is 5. The molecule has 0 aromatic heterocycles. The molecule has 3 aliphatic heterocycles. The molecule has 5 nitrogen and oxygen atoms in total. The smallest absolute Gasteiger partial charge is 0.135 e. The number of anilines is 4. The number of nitrogens with zero attached hydrogens (tertiary/aromatic N) is 3. The van der Waals surface area contributed by atoms with Crippen LogP contribution in [0, 0.1) is 0 Å². The van der Waals surface area contributed by atoms with Crippen molar-refractivity contribution in [2.24, 2.45) is 0 Å². The van der Waals surface area contributed by atoms with Crippen LogP contribution in [0.1, 0.15) is 89.3 Å². The van der Waals surface area contributed by atoms with Gasteiger partial charge in [-0.3, -0.25) is 0 Å². The molecule has 6 rings (SSSR count). The minimum Gasteiger partial charge on any atom is -0.456 e. The van der Waals surface area contributed by atoms with Gasteiger partial charge in [-0.2, -0.15) is 0 Å². The van der Waals surface area contributed by atoms with E-state index in [1.807, 2.05) is 6.07 Å². The molecule has 0 radical (unpaired) electrons. The second kappa shape index (κ2) is 10.8. The van der Waals surface area contributed by atoms with Crippen molar-refractivity contribution in [3.8, 4) is 23.0 Å². The summed E-state index contributed by atoms with van der Waals surface area (Å²) in [6, 6.07) is 15.5. The maximum atomic E-state index is 6.70. The summed E-state index contributed by atoms with van der Waals surface area (Å²) in [6.45, 7) is 19.6. The van der Waals surface area contributed by atoms with Gasteiger partial charge < -0.3 is 24.2 Å². The monoisotopic (exact) mass is 537 g/mol. The Labute approximate surface area is 240 Å². The molecule has 0 saturated heterocycles. The van der Waals surface area contributed by atoms with Crippen LogP contribution in [-0.2, 0) is 0 Å². The highest BCUT2D eigenvalue weighted by Gasteiger charge is 2.45. The fourth-order valence-electron chi connectivity index (χ4n) is 6.85. The molecule has 5 heteroatoms. The summed E-state index contributed by atoms with van der Waals surface area (Å²) >= 11 is 0. The Balaban J connectivity index is 1.61. The van der Waals surface area contributed by atoms with Crippen molar-refractivity contribution < 1.29 is 9.47 Å². The summed E-state index contributed by atoms with van der Waals surface area (Å²) in [6.07, 6.45) is 5.82. The van der Waals surface area contributed by atoms with Crippen molar-refractivity contribution in [3.05, 3.63) is 71.4 Å². The number of unbranched alkanes of at least 4 members (excludes halogenated alkanes) is 3.